The molecule has 0 unspecified atom stereocenters. The lowest BCUT2D eigenvalue weighted by atomic mass is 10.3. The van der Waals surface area contributed by atoms with Crippen LogP contribution in [-0.2, 0) is 18.3 Å². The Morgan fingerprint density at radius 3 is 2.52 bits per heavy atom. The van der Waals surface area contributed by atoms with Gasteiger partial charge in [0.1, 0.15) is 5.75 Å². The van der Waals surface area contributed by atoms with Crippen molar-refractivity contribution in [2.75, 3.05) is 20.3 Å². The van der Waals surface area contributed by atoms with E-state index in [1.807, 2.05) is 48.9 Å². The van der Waals surface area contributed by atoms with Gasteiger partial charge in [0.2, 0.25) is 5.78 Å². The largest absolute Gasteiger partial charge is 0.494 e. The third-order valence-corrected chi connectivity index (χ3v) is 4.95. The highest BCUT2D eigenvalue weighted by Gasteiger charge is 2.20. The van der Waals surface area contributed by atoms with Crippen molar-refractivity contribution in [2.45, 2.75) is 20.4 Å². The molecule has 0 radical (unpaired) electrons. The molecular formula is C20H23N5O4. The number of hydrogen-bond donors (Lipinski definition) is 0. The SMILES string of the molecule is CCOc1ccc(-n2c(C)cn3c4c(=O)n(CCOC)c(=O)n(C)c4nc23)cc1. The van der Waals surface area contributed by atoms with Gasteiger partial charge in [-0.15, -0.1) is 0 Å². The van der Waals surface area contributed by atoms with Gasteiger partial charge in [-0.3, -0.25) is 22.9 Å². The number of methoxy groups -OCH3 is 1. The summed E-state index contributed by atoms with van der Waals surface area (Å²) >= 11 is 0. The van der Waals surface area contributed by atoms with Crippen molar-refractivity contribution in [3.05, 3.63) is 57.0 Å². The van der Waals surface area contributed by atoms with Crippen molar-refractivity contribution in [1.82, 2.24) is 23.1 Å². The number of aromatic nitrogens is 5. The van der Waals surface area contributed by atoms with Gasteiger partial charge in [0.25, 0.3) is 5.56 Å². The first-order chi connectivity index (χ1) is 14.0. The Bertz CT molecular complexity index is 1310. The first-order valence-corrected chi connectivity index (χ1v) is 9.40. The standard InChI is InChI=1S/C20H23N5O4/c1-5-29-15-8-6-14(7-9-15)25-13(2)12-24-16-17(21-19(24)25)22(3)20(27)23(18(16)26)10-11-28-4/h6-9,12H,5,10-11H2,1-4H3. The number of ether oxygens (including phenoxy) is 2. The lowest BCUT2D eigenvalue weighted by molar-refractivity contribution is 0.184. The van der Waals surface area contributed by atoms with E-state index < -0.39 is 5.69 Å². The Kier molecular flexibility index (Phi) is 4.75. The molecule has 0 N–H and O–H groups in total. The fourth-order valence-corrected chi connectivity index (χ4v) is 3.57. The molecule has 0 aliphatic carbocycles. The Hall–Kier alpha value is -3.33. The molecule has 0 saturated carbocycles. The maximum absolute atomic E-state index is 13.1. The average molecular weight is 397 g/mol. The maximum atomic E-state index is 13.1. The van der Waals surface area contributed by atoms with E-state index in [1.165, 1.54) is 16.2 Å². The van der Waals surface area contributed by atoms with Crippen LogP contribution in [0.2, 0.25) is 0 Å². The van der Waals surface area contributed by atoms with Crippen molar-refractivity contribution in [3.8, 4) is 11.4 Å². The molecule has 0 amide bonds. The molecule has 3 aromatic heterocycles. The topological polar surface area (TPSA) is 84.7 Å². The second-order valence-electron chi connectivity index (χ2n) is 6.78. The smallest absolute Gasteiger partial charge is 0.332 e. The Morgan fingerprint density at radius 1 is 1.14 bits per heavy atom. The number of benzene rings is 1. The average Bonchev–Trinajstić information content (AvgIpc) is 3.22. The summed E-state index contributed by atoms with van der Waals surface area (Å²) in [6.07, 6.45) is 1.85. The molecule has 0 atom stereocenters. The van der Waals surface area contributed by atoms with Crippen molar-refractivity contribution in [1.29, 1.82) is 0 Å². The van der Waals surface area contributed by atoms with E-state index in [2.05, 4.69) is 4.98 Å². The second kappa shape index (κ2) is 7.25. The van der Waals surface area contributed by atoms with Crippen LogP contribution in [-0.4, -0.2) is 43.4 Å². The van der Waals surface area contributed by atoms with Crippen LogP contribution in [0.3, 0.4) is 0 Å². The molecule has 0 fully saturated rings. The van der Waals surface area contributed by atoms with E-state index in [0.717, 1.165) is 17.1 Å². The van der Waals surface area contributed by atoms with Crippen LogP contribution in [0, 0.1) is 6.92 Å². The van der Waals surface area contributed by atoms with Crippen LogP contribution in [0.1, 0.15) is 12.6 Å². The Balaban J connectivity index is 1.97. The van der Waals surface area contributed by atoms with Gasteiger partial charge in [0.15, 0.2) is 11.2 Å². The summed E-state index contributed by atoms with van der Waals surface area (Å²) in [7, 11) is 3.15. The summed E-state index contributed by atoms with van der Waals surface area (Å²) in [6.45, 7) is 4.94. The van der Waals surface area contributed by atoms with Crippen molar-refractivity contribution in [2.24, 2.45) is 7.05 Å². The minimum atomic E-state index is -0.412. The molecule has 3 heterocycles. The molecule has 9 heteroatoms. The molecular weight excluding hydrogens is 374 g/mol. The van der Waals surface area contributed by atoms with Gasteiger partial charge in [0.05, 0.1) is 19.8 Å². The van der Waals surface area contributed by atoms with E-state index in [0.29, 0.717) is 23.5 Å². The molecule has 0 saturated heterocycles. The number of fused-ring (bicyclic) bond motifs is 3. The van der Waals surface area contributed by atoms with Gasteiger partial charge in [-0.05, 0) is 38.1 Å². The molecule has 9 nitrogen and oxygen atoms in total. The van der Waals surface area contributed by atoms with Gasteiger partial charge in [-0.25, -0.2) is 4.79 Å². The fraction of sp³-hybridized carbons (Fsp3) is 0.350. The summed E-state index contributed by atoms with van der Waals surface area (Å²) in [5, 5.41) is 0. The van der Waals surface area contributed by atoms with Gasteiger partial charge in [0, 0.05) is 31.7 Å². The summed E-state index contributed by atoms with van der Waals surface area (Å²) in [5.74, 6) is 1.35. The van der Waals surface area contributed by atoms with E-state index in [1.54, 1.807) is 11.4 Å². The molecule has 152 valence electrons. The van der Waals surface area contributed by atoms with E-state index in [4.69, 9.17) is 9.47 Å². The molecule has 4 aromatic rings. The molecule has 0 bridgehead atoms. The first kappa shape index (κ1) is 19.0. The lowest BCUT2D eigenvalue weighted by Crippen LogP contribution is -2.40. The van der Waals surface area contributed by atoms with Crippen LogP contribution in [0.25, 0.3) is 22.6 Å². The summed E-state index contributed by atoms with van der Waals surface area (Å²) in [5.41, 5.74) is 1.73. The number of hydrogen-bond acceptors (Lipinski definition) is 5. The van der Waals surface area contributed by atoms with E-state index in [-0.39, 0.29) is 18.7 Å². The summed E-state index contributed by atoms with van der Waals surface area (Å²) in [6, 6.07) is 7.66. The normalized spacial score (nSPS) is 11.6. The number of imidazole rings is 2. The highest BCUT2D eigenvalue weighted by molar-refractivity contribution is 5.76. The highest BCUT2D eigenvalue weighted by Crippen LogP contribution is 2.22. The molecule has 29 heavy (non-hydrogen) atoms. The predicted octanol–water partition coefficient (Wildman–Crippen LogP) is 1.49. The quantitative estimate of drug-likeness (QED) is 0.492. The third-order valence-electron chi connectivity index (χ3n) is 4.95. The molecule has 0 spiro atoms. The van der Waals surface area contributed by atoms with Crippen LogP contribution in [0.5, 0.6) is 5.75 Å². The zero-order valence-electron chi connectivity index (χ0n) is 16.9. The minimum Gasteiger partial charge on any atom is -0.494 e. The lowest BCUT2D eigenvalue weighted by Gasteiger charge is -2.08. The summed E-state index contributed by atoms with van der Waals surface area (Å²) < 4.78 is 16.8. The fourth-order valence-electron chi connectivity index (χ4n) is 3.57. The monoisotopic (exact) mass is 397 g/mol. The van der Waals surface area contributed by atoms with Gasteiger partial charge < -0.3 is 9.47 Å². The van der Waals surface area contributed by atoms with Crippen molar-refractivity contribution in [3.63, 3.8) is 0 Å². The van der Waals surface area contributed by atoms with Gasteiger partial charge >= 0.3 is 5.69 Å². The van der Waals surface area contributed by atoms with Crippen molar-refractivity contribution >= 4 is 16.9 Å². The van der Waals surface area contributed by atoms with Crippen LogP contribution in [0.4, 0.5) is 0 Å². The second-order valence-corrected chi connectivity index (χ2v) is 6.78. The maximum Gasteiger partial charge on any atom is 0.332 e. The molecule has 0 aliphatic heterocycles. The third kappa shape index (κ3) is 2.94. The van der Waals surface area contributed by atoms with E-state index in [9.17, 15) is 9.59 Å². The van der Waals surface area contributed by atoms with Gasteiger partial charge in [-0.2, -0.15) is 4.98 Å². The number of nitrogens with zero attached hydrogens (tertiary/aromatic N) is 5. The number of rotatable bonds is 6. The van der Waals surface area contributed by atoms with Crippen LogP contribution >= 0.6 is 0 Å². The van der Waals surface area contributed by atoms with Crippen LogP contribution in [0.15, 0.2) is 40.1 Å². The minimum absolute atomic E-state index is 0.184. The first-order valence-electron chi connectivity index (χ1n) is 9.40. The van der Waals surface area contributed by atoms with Crippen molar-refractivity contribution < 1.29 is 9.47 Å². The zero-order chi connectivity index (χ0) is 20.7. The zero-order valence-corrected chi connectivity index (χ0v) is 16.9. The Labute approximate surface area is 166 Å². The number of aryl methyl sites for hydroxylation is 2. The van der Waals surface area contributed by atoms with Crippen LogP contribution < -0.4 is 16.0 Å². The molecule has 4 rings (SSSR count). The molecule has 1 aromatic carbocycles. The van der Waals surface area contributed by atoms with E-state index >= 15 is 0 Å². The summed E-state index contributed by atoms with van der Waals surface area (Å²) in [4.78, 5) is 30.3. The predicted molar refractivity (Wildman–Crippen MR) is 109 cm³/mol. The molecule has 0 aliphatic rings. The van der Waals surface area contributed by atoms with Gasteiger partial charge in [-0.1, -0.05) is 0 Å². The highest BCUT2D eigenvalue weighted by atomic mass is 16.5. The Morgan fingerprint density at radius 2 is 1.86 bits per heavy atom.